The maximum absolute atomic E-state index is 5.64. The van der Waals surface area contributed by atoms with Gasteiger partial charge in [0.05, 0.1) is 0 Å². The minimum atomic E-state index is -1.30. The summed E-state index contributed by atoms with van der Waals surface area (Å²) in [5, 5.41) is 12.1. The number of nitrogens with one attached hydrogen (secondary N) is 1. The highest BCUT2D eigenvalue weighted by Crippen LogP contribution is 2.59. The maximum Gasteiger partial charge on any atom is 0.307 e. The molecule has 0 aliphatic rings. The topological polar surface area (TPSA) is 69.3 Å². The fourth-order valence-corrected chi connectivity index (χ4v) is 23.3. The monoisotopic (exact) mass is 997 g/mol. The summed E-state index contributed by atoms with van der Waals surface area (Å²) < 4.78 is 16.2. The second-order valence-corrected chi connectivity index (χ2v) is 45.9. The van der Waals surface area contributed by atoms with Crippen molar-refractivity contribution in [3.63, 3.8) is 0 Å². The molecule has 0 aliphatic carbocycles. The Hall–Kier alpha value is -0.222. The van der Waals surface area contributed by atoms with Gasteiger partial charge in [0.2, 0.25) is 0 Å². The minimum Gasteiger partial charge on any atom is -0.461 e. The van der Waals surface area contributed by atoms with Gasteiger partial charge in [0, 0.05) is 7.11 Å². The highest BCUT2D eigenvalue weighted by atomic mass is 32.7. The number of aromatic nitrogens is 3. The van der Waals surface area contributed by atoms with Crippen molar-refractivity contribution in [3.05, 3.63) is 134 Å². The Morgan fingerprint density at radius 3 is 1.14 bits per heavy atom. The highest BCUT2D eigenvalue weighted by Gasteiger charge is 2.20. The van der Waals surface area contributed by atoms with E-state index in [2.05, 4.69) is 223 Å². The molecule has 6 nitrogen and oxygen atoms in total. The van der Waals surface area contributed by atoms with Crippen molar-refractivity contribution in [1.82, 2.24) is 15.2 Å². The fourth-order valence-electron chi connectivity index (χ4n) is 5.64. The smallest absolute Gasteiger partial charge is 0.307 e. The molecule has 0 aliphatic heterocycles. The minimum absolute atomic E-state index is 0.0452. The summed E-state index contributed by atoms with van der Waals surface area (Å²) in [6, 6.07) is 44.9. The second kappa shape index (κ2) is 35.2. The van der Waals surface area contributed by atoms with Crippen LogP contribution in [0.1, 0.15) is 13.3 Å². The normalized spacial score (nSPS) is 11.6. The van der Waals surface area contributed by atoms with E-state index < -0.39 is 35.7 Å². The van der Waals surface area contributed by atoms with E-state index >= 15 is 0 Å². The number of rotatable bonds is 17. The molecule has 5 rings (SSSR count). The van der Waals surface area contributed by atoms with E-state index in [0.717, 1.165) is 0 Å². The van der Waals surface area contributed by atoms with E-state index in [1.165, 1.54) is 71.1 Å². The third kappa shape index (κ3) is 30.5. The van der Waals surface area contributed by atoms with Crippen molar-refractivity contribution in [2.24, 2.45) is 0 Å². The lowest BCUT2D eigenvalue weighted by molar-refractivity contribution is 0.340. The van der Waals surface area contributed by atoms with Gasteiger partial charge in [0.15, 0.2) is 26.4 Å². The van der Waals surface area contributed by atoms with Crippen LogP contribution < -0.4 is 21.2 Å². The molecule has 59 heavy (non-hydrogen) atoms. The Labute approximate surface area is 377 Å². The summed E-state index contributed by atoms with van der Waals surface area (Å²) in [5.41, 5.74) is 0. The molecule has 5 aromatic rings. The van der Waals surface area contributed by atoms with Gasteiger partial charge < -0.3 is 12.7 Å². The molecule has 4 aromatic carbocycles. The molecule has 4 unspecified atom stereocenters. The van der Waals surface area contributed by atoms with E-state index in [0.29, 0.717) is 0 Å². The number of hydrogen-bond acceptors (Lipinski definition) is 5. The highest BCUT2D eigenvalue weighted by molar-refractivity contribution is 8.65. The molecule has 0 fully saturated rings. The van der Waals surface area contributed by atoms with Crippen molar-refractivity contribution in [2.45, 2.75) is 65.7 Å². The zero-order valence-electron chi connectivity index (χ0n) is 37.3. The van der Waals surface area contributed by atoms with Crippen LogP contribution in [0.15, 0.2) is 134 Å². The molecule has 1 aromatic heterocycles. The maximum atomic E-state index is 5.64. The quantitative estimate of drug-likeness (QED) is 0.0743. The molecule has 0 spiro atoms. The molecule has 0 bridgehead atoms. The van der Waals surface area contributed by atoms with E-state index in [-0.39, 0.29) is 30.8 Å². The Balaban J connectivity index is 0.000000561. The lowest BCUT2D eigenvalue weighted by Gasteiger charge is -2.25. The van der Waals surface area contributed by atoms with Gasteiger partial charge in [-0.15, -0.1) is 34.7 Å². The first-order chi connectivity index (χ1) is 28.2. The Morgan fingerprint density at radius 1 is 0.593 bits per heavy atom. The van der Waals surface area contributed by atoms with Gasteiger partial charge in [-0.05, 0) is 127 Å². The third-order valence-corrected chi connectivity index (χ3v) is 25.5. The molecule has 1 heterocycles. The van der Waals surface area contributed by atoms with E-state index in [4.69, 9.17) is 12.7 Å². The lowest BCUT2D eigenvalue weighted by Crippen LogP contribution is -2.34. The number of aromatic amines is 1. The predicted molar refractivity (Wildman–Crippen MR) is 295 cm³/mol. The van der Waals surface area contributed by atoms with Crippen LogP contribution in [0.4, 0.5) is 0 Å². The molecule has 0 radical (unpaired) electrons. The summed E-state index contributed by atoms with van der Waals surface area (Å²) >= 11 is 0. The third-order valence-electron chi connectivity index (χ3n) is 7.82. The van der Waals surface area contributed by atoms with Crippen molar-refractivity contribution in [1.29, 1.82) is 0 Å². The molecule has 0 saturated carbocycles. The van der Waals surface area contributed by atoms with Crippen LogP contribution in [0.3, 0.4) is 0 Å². The van der Waals surface area contributed by atoms with E-state index in [1.807, 2.05) is 0 Å². The SMILES string of the molecule is CCCP(CCP(c1ccccc1)c1ccccc1)CCP(c1ccccc1)c1ccccc1.CO[SiH](C)O[Si](C)(C)C.C[SiH](C)O[SiH](C)C.PP(P)P.c1nc[nH]n1. The number of nitrogens with zero attached hydrogens (tertiary/aromatic N) is 2. The molecule has 0 amide bonds. The average molecular weight is 998 g/mol. The zero-order valence-corrected chi connectivity index (χ0v) is 48.8. The Morgan fingerprint density at radius 2 is 0.949 bits per heavy atom. The van der Waals surface area contributed by atoms with Crippen molar-refractivity contribution in [3.8, 4) is 0 Å². The van der Waals surface area contributed by atoms with Crippen LogP contribution in [0, 0.1) is 0 Å². The standard InChI is InChI=1S/C31H35P3.C5H16O2Si2.C4H14OSi2.C2H3N3.H6P4/c1-2-23-32(24-26-33(28-15-7-3-8-16-28)29-17-9-4-10-18-29)25-27-34(30-19-11-5-12-20-30)31-21-13-6-14-22-31;1-6-8(2)7-9(3,4)5;1-6(2)5-7(3)4;1-3-2-5-4-1;1-4(2)3/h3-22H,2,23-27H2,1H3;8H,1-5H3;6-7H,1-4H3;1-2H,(H,3,4,5);1-3H2. The zero-order chi connectivity index (χ0) is 43.9. The predicted octanol–water partition coefficient (Wildman–Crippen LogP) is 11.1. The van der Waals surface area contributed by atoms with E-state index in [9.17, 15) is 0 Å². The van der Waals surface area contributed by atoms with Crippen LogP contribution >= 0.6 is 57.5 Å². The summed E-state index contributed by atoms with van der Waals surface area (Å²) in [5.74, 6) is 0. The summed E-state index contributed by atoms with van der Waals surface area (Å²) in [7, 11) is 5.25. The van der Waals surface area contributed by atoms with Crippen molar-refractivity contribution < 1.29 is 12.7 Å². The van der Waals surface area contributed by atoms with Crippen LogP contribution in [-0.2, 0) is 12.7 Å². The largest absolute Gasteiger partial charge is 0.461 e. The number of benzene rings is 4. The van der Waals surface area contributed by atoms with Gasteiger partial charge >= 0.3 is 9.28 Å². The van der Waals surface area contributed by atoms with Gasteiger partial charge in [-0.25, -0.2) is 4.98 Å². The molecule has 1 N–H and O–H groups in total. The Bertz CT molecular complexity index is 1460. The van der Waals surface area contributed by atoms with Gasteiger partial charge in [-0.3, -0.25) is 5.10 Å². The molecular weight excluding hydrogens is 924 g/mol. The van der Waals surface area contributed by atoms with Crippen LogP contribution in [0.25, 0.3) is 0 Å². The van der Waals surface area contributed by atoms with Crippen molar-refractivity contribution >= 4 is 114 Å². The Kier molecular flexibility index (Phi) is 33.9. The van der Waals surface area contributed by atoms with Crippen LogP contribution in [0.2, 0.25) is 52.4 Å². The van der Waals surface area contributed by atoms with Crippen molar-refractivity contribution in [2.75, 3.05) is 37.9 Å². The number of H-pyrrole nitrogens is 1. The first-order valence-corrected chi connectivity index (χ1v) is 42.5. The van der Waals surface area contributed by atoms with Crippen LogP contribution in [-0.4, -0.2) is 88.8 Å². The van der Waals surface area contributed by atoms with Gasteiger partial charge in [-0.1, -0.05) is 135 Å². The molecule has 4 atom stereocenters. The number of hydrogen-bond donors (Lipinski definition) is 1. The van der Waals surface area contributed by atoms with Gasteiger partial charge in [0.25, 0.3) is 0 Å². The fraction of sp³-hybridized carbons (Fsp3) is 0.381. The van der Waals surface area contributed by atoms with Gasteiger partial charge in [-0.2, -0.15) is 5.10 Å². The first-order valence-electron chi connectivity index (χ1n) is 20.3. The molecular formula is C42H74N3O3P7Si4. The summed E-state index contributed by atoms with van der Waals surface area (Å²) in [4.78, 5) is 3.56. The average Bonchev–Trinajstić information content (AvgIpc) is 3.80. The molecule has 0 saturated heterocycles. The summed E-state index contributed by atoms with van der Waals surface area (Å²) in [6.07, 6.45) is 11.0. The van der Waals surface area contributed by atoms with Crippen LogP contribution in [0.5, 0.6) is 0 Å². The second-order valence-electron chi connectivity index (χ2n) is 14.9. The van der Waals surface area contributed by atoms with Gasteiger partial charge in [0.1, 0.15) is 12.7 Å². The molecule has 326 valence electrons. The molecule has 17 heteroatoms. The lowest BCUT2D eigenvalue weighted by atomic mass is 10.4. The first kappa shape index (κ1) is 56.8. The summed E-state index contributed by atoms with van der Waals surface area (Å²) in [6.45, 7) is 19.9. The van der Waals surface area contributed by atoms with E-state index in [1.54, 1.807) is 7.11 Å².